The van der Waals surface area contributed by atoms with Crippen molar-refractivity contribution in [2.75, 3.05) is 13.6 Å². The predicted molar refractivity (Wildman–Crippen MR) is 89.8 cm³/mol. The van der Waals surface area contributed by atoms with Gasteiger partial charge in [-0.3, -0.25) is 4.90 Å². The van der Waals surface area contributed by atoms with Crippen LogP contribution in [0.25, 0.3) is 11.0 Å². The maximum atomic E-state index is 13.2. The number of halogens is 1. The first-order valence-electron chi connectivity index (χ1n) is 8.11. The maximum absolute atomic E-state index is 13.2. The number of hydrogen-bond donors (Lipinski definition) is 0. The summed E-state index contributed by atoms with van der Waals surface area (Å²) in [5, 5.41) is 1.17. The molecule has 3 heterocycles. The van der Waals surface area contributed by atoms with Gasteiger partial charge in [0.25, 0.3) is 0 Å². The van der Waals surface area contributed by atoms with Crippen molar-refractivity contribution in [3.8, 4) is 0 Å². The van der Waals surface area contributed by atoms with Gasteiger partial charge in [0.15, 0.2) is 0 Å². The Labute approximate surface area is 135 Å². The van der Waals surface area contributed by atoms with Crippen LogP contribution in [-0.2, 0) is 6.54 Å². The van der Waals surface area contributed by atoms with Crippen LogP contribution in [0.4, 0.5) is 4.39 Å². The fraction of sp³-hybridized carbons (Fsp3) is 0.316. The molecule has 1 aromatic carbocycles. The standard InChI is InChI=1S/C19H20FN3/c1-22-11-3-5-17(22)18-12-15-4-2-10-21-19(15)23(18)13-14-6-8-16(20)9-7-14/h2,4,6-10,12,17H,3,5,11,13H2,1H3/t17-/m0/s1. The molecule has 2 aromatic heterocycles. The summed E-state index contributed by atoms with van der Waals surface area (Å²) in [7, 11) is 2.19. The Morgan fingerprint density at radius 3 is 2.78 bits per heavy atom. The second kappa shape index (κ2) is 5.78. The van der Waals surface area contributed by atoms with E-state index in [0.717, 1.165) is 24.3 Å². The molecule has 23 heavy (non-hydrogen) atoms. The molecule has 0 bridgehead atoms. The third-order valence-electron chi connectivity index (χ3n) is 4.80. The molecule has 3 aromatic rings. The van der Waals surface area contributed by atoms with Gasteiger partial charge >= 0.3 is 0 Å². The van der Waals surface area contributed by atoms with Crippen LogP contribution in [0.5, 0.6) is 0 Å². The number of nitrogens with zero attached hydrogens (tertiary/aromatic N) is 3. The zero-order valence-electron chi connectivity index (χ0n) is 13.2. The van der Waals surface area contributed by atoms with Crippen LogP contribution in [-0.4, -0.2) is 28.0 Å². The summed E-state index contributed by atoms with van der Waals surface area (Å²) >= 11 is 0. The van der Waals surface area contributed by atoms with Crippen molar-refractivity contribution >= 4 is 11.0 Å². The zero-order chi connectivity index (χ0) is 15.8. The SMILES string of the molecule is CN1CCC[C@H]1c1cc2cccnc2n1Cc1ccc(F)cc1. The Kier molecular flexibility index (Phi) is 3.62. The summed E-state index contributed by atoms with van der Waals surface area (Å²) in [6.45, 7) is 1.86. The molecule has 0 aliphatic carbocycles. The van der Waals surface area contributed by atoms with Crippen LogP contribution in [0, 0.1) is 5.82 Å². The van der Waals surface area contributed by atoms with Gasteiger partial charge in [-0.2, -0.15) is 0 Å². The van der Waals surface area contributed by atoms with Gasteiger partial charge in [0.05, 0.1) is 0 Å². The Morgan fingerprint density at radius 2 is 2.04 bits per heavy atom. The van der Waals surface area contributed by atoms with Crippen molar-refractivity contribution in [1.29, 1.82) is 0 Å². The summed E-state index contributed by atoms with van der Waals surface area (Å²) in [5.74, 6) is -0.194. The highest BCUT2D eigenvalue weighted by molar-refractivity contribution is 5.77. The van der Waals surface area contributed by atoms with E-state index in [9.17, 15) is 4.39 Å². The molecule has 0 saturated carbocycles. The predicted octanol–water partition coefficient (Wildman–Crippen LogP) is 3.99. The van der Waals surface area contributed by atoms with Gasteiger partial charge in [0.1, 0.15) is 11.5 Å². The number of hydrogen-bond acceptors (Lipinski definition) is 2. The lowest BCUT2D eigenvalue weighted by molar-refractivity contribution is 0.306. The first-order chi connectivity index (χ1) is 11.2. The smallest absolute Gasteiger partial charge is 0.140 e. The van der Waals surface area contributed by atoms with Crippen LogP contribution >= 0.6 is 0 Å². The third kappa shape index (κ3) is 2.63. The average molecular weight is 309 g/mol. The maximum Gasteiger partial charge on any atom is 0.140 e. The number of pyridine rings is 1. The summed E-state index contributed by atoms with van der Waals surface area (Å²) in [4.78, 5) is 6.99. The molecular weight excluding hydrogens is 289 g/mol. The number of rotatable bonds is 3. The van der Waals surface area contributed by atoms with Gasteiger partial charge in [-0.15, -0.1) is 0 Å². The molecule has 0 spiro atoms. The first kappa shape index (κ1) is 14.4. The number of fused-ring (bicyclic) bond motifs is 1. The Bertz CT molecular complexity index is 822. The molecule has 0 unspecified atom stereocenters. The summed E-state index contributed by atoms with van der Waals surface area (Å²) in [5.41, 5.74) is 3.41. The second-order valence-corrected chi connectivity index (χ2v) is 6.34. The summed E-state index contributed by atoms with van der Waals surface area (Å²) < 4.78 is 15.5. The van der Waals surface area contributed by atoms with Crippen LogP contribution < -0.4 is 0 Å². The molecule has 1 saturated heterocycles. The molecule has 1 aliphatic rings. The minimum Gasteiger partial charge on any atom is -0.324 e. The average Bonchev–Trinajstić information content (AvgIpc) is 3.13. The molecule has 0 radical (unpaired) electrons. The van der Waals surface area contributed by atoms with Crippen molar-refractivity contribution in [3.63, 3.8) is 0 Å². The van der Waals surface area contributed by atoms with E-state index < -0.39 is 0 Å². The summed E-state index contributed by atoms with van der Waals surface area (Å²) in [6.07, 6.45) is 4.24. The lowest BCUT2D eigenvalue weighted by atomic mass is 10.1. The monoisotopic (exact) mass is 309 g/mol. The Balaban J connectivity index is 1.80. The number of likely N-dealkylation sites (tertiary alicyclic amines) is 1. The van der Waals surface area contributed by atoms with E-state index >= 15 is 0 Å². The normalized spacial score (nSPS) is 18.8. The number of aromatic nitrogens is 2. The fourth-order valence-corrected chi connectivity index (χ4v) is 3.61. The van der Waals surface area contributed by atoms with E-state index in [0.29, 0.717) is 6.04 Å². The van der Waals surface area contributed by atoms with E-state index in [1.807, 2.05) is 24.4 Å². The lowest BCUT2D eigenvalue weighted by Gasteiger charge is -2.22. The van der Waals surface area contributed by atoms with E-state index in [1.54, 1.807) is 0 Å². The highest BCUT2D eigenvalue weighted by atomic mass is 19.1. The van der Waals surface area contributed by atoms with E-state index in [-0.39, 0.29) is 5.82 Å². The highest BCUT2D eigenvalue weighted by Crippen LogP contribution is 2.34. The van der Waals surface area contributed by atoms with Gasteiger partial charge in [-0.05, 0) is 62.3 Å². The van der Waals surface area contributed by atoms with Crippen molar-refractivity contribution < 1.29 is 4.39 Å². The van der Waals surface area contributed by atoms with Crippen molar-refractivity contribution in [2.24, 2.45) is 0 Å². The highest BCUT2D eigenvalue weighted by Gasteiger charge is 2.26. The molecule has 4 heteroatoms. The van der Waals surface area contributed by atoms with Gasteiger partial charge in [-0.1, -0.05) is 12.1 Å². The minimum atomic E-state index is -0.194. The van der Waals surface area contributed by atoms with Crippen LogP contribution in [0.3, 0.4) is 0 Å². The molecule has 1 fully saturated rings. The Morgan fingerprint density at radius 1 is 1.22 bits per heavy atom. The van der Waals surface area contributed by atoms with Gasteiger partial charge < -0.3 is 4.57 Å². The third-order valence-corrected chi connectivity index (χ3v) is 4.80. The van der Waals surface area contributed by atoms with Crippen LogP contribution in [0.1, 0.15) is 30.1 Å². The van der Waals surface area contributed by atoms with E-state index in [4.69, 9.17) is 0 Å². The summed E-state index contributed by atoms with van der Waals surface area (Å²) in [6, 6.07) is 13.5. The zero-order valence-corrected chi connectivity index (χ0v) is 13.2. The minimum absolute atomic E-state index is 0.194. The number of benzene rings is 1. The molecular formula is C19H20FN3. The molecule has 0 N–H and O–H groups in total. The Hall–Kier alpha value is -2.20. The lowest BCUT2D eigenvalue weighted by Crippen LogP contribution is -2.20. The molecule has 0 amide bonds. The molecule has 4 rings (SSSR count). The van der Waals surface area contributed by atoms with Crippen molar-refractivity contribution in [1.82, 2.24) is 14.5 Å². The quantitative estimate of drug-likeness (QED) is 0.729. The van der Waals surface area contributed by atoms with Gasteiger partial charge in [0.2, 0.25) is 0 Å². The van der Waals surface area contributed by atoms with Gasteiger partial charge in [-0.25, -0.2) is 9.37 Å². The van der Waals surface area contributed by atoms with Gasteiger partial charge in [0, 0.05) is 29.9 Å². The molecule has 3 nitrogen and oxygen atoms in total. The molecule has 1 aliphatic heterocycles. The molecule has 1 atom stereocenters. The van der Waals surface area contributed by atoms with Crippen molar-refractivity contribution in [2.45, 2.75) is 25.4 Å². The van der Waals surface area contributed by atoms with Crippen molar-refractivity contribution in [3.05, 3.63) is 65.7 Å². The van der Waals surface area contributed by atoms with E-state index in [1.165, 1.54) is 36.1 Å². The fourth-order valence-electron chi connectivity index (χ4n) is 3.61. The topological polar surface area (TPSA) is 21.1 Å². The van der Waals surface area contributed by atoms with E-state index in [2.05, 4.69) is 33.6 Å². The second-order valence-electron chi connectivity index (χ2n) is 6.34. The van der Waals surface area contributed by atoms with Crippen LogP contribution in [0.15, 0.2) is 48.7 Å². The largest absolute Gasteiger partial charge is 0.324 e. The first-order valence-corrected chi connectivity index (χ1v) is 8.11. The van der Waals surface area contributed by atoms with Crippen LogP contribution in [0.2, 0.25) is 0 Å². The molecule has 118 valence electrons.